The van der Waals surface area contributed by atoms with Gasteiger partial charge in [-0.2, -0.15) is 0 Å². The standard InChI is InChI=1S/C36H30O13/c1-12-8-17-24(19(39)9-12)32(45)25-16(36(17,48)35-34(47)33(46)30(43)21(11-37)49-35)7-6-15(28(25)41)22-13(2)10-20(40)26-27(22)29(42)14-4-3-5-18(38)23(14)31(26)44/h3-10,21,30,33-35,37-41,43,46-48H,11H2,1-2H3/t21-,30-,33+,34-,35-,36?/m1/s1. The molecule has 3 aliphatic rings. The average Bonchev–Trinajstić information content (AvgIpc) is 3.04. The second kappa shape index (κ2) is 10.9. The lowest BCUT2D eigenvalue weighted by Crippen LogP contribution is -2.65. The first-order chi connectivity index (χ1) is 23.1. The number of ketones is 3. The second-order valence-electron chi connectivity index (χ2n) is 12.6. The summed E-state index contributed by atoms with van der Waals surface area (Å²) in [6.07, 6.45) is -9.10. The fourth-order valence-electron chi connectivity index (χ4n) is 7.50. The van der Waals surface area contributed by atoms with Crippen molar-refractivity contribution in [3.8, 4) is 34.1 Å². The highest BCUT2D eigenvalue weighted by molar-refractivity contribution is 6.32. The number of benzene rings is 4. The summed E-state index contributed by atoms with van der Waals surface area (Å²) >= 11 is 0. The molecule has 2 aliphatic carbocycles. The first-order valence-electron chi connectivity index (χ1n) is 15.2. The van der Waals surface area contributed by atoms with Crippen molar-refractivity contribution >= 4 is 17.3 Å². The van der Waals surface area contributed by atoms with Crippen molar-refractivity contribution in [2.75, 3.05) is 6.61 Å². The van der Waals surface area contributed by atoms with Crippen molar-refractivity contribution in [1.29, 1.82) is 0 Å². The number of carbonyl (C=O) groups excluding carboxylic acids is 3. The summed E-state index contributed by atoms with van der Waals surface area (Å²) in [4.78, 5) is 41.8. The number of aryl methyl sites for hydroxylation is 2. The summed E-state index contributed by atoms with van der Waals surface area (Å²) in [7, 11) is 0. The third-order valence-corrected chi connectivity index (χ3v) is 9.76. The third-order valence-electron chi connectivity index (χ3n) is 9.76. The number of hydrogen-bond acceptors (Lipinski definition) is 13. The summed E-state index contributed by atoms with van der Waals surface area (Å²) in [6.45, 7) is 2.21. The van der Waals surface area contributed by atoms with Gasteiger partial charge >= 0.3 is 0 Å². The zero-order chi connectivity index (χ0) is 35.4. The quantitative estimate of drug-likeness (QED) is 0.131. The first kappa shape index (κ1) is 32.4. The number of rotatable bonds is 3. The molecule has 49 heavy (non-hydrogen) atoms. The molecule has 1 fully saturated rings. The Hall–Kier alpha value is -5.15. The highest BCUT2D eigenvalue weighted by atomic mass is 16.6. The maximum Gasteiger partial charge on any atom is 0.201 e. The minimum absolute atomic E-state index is 0.0523. The predicted molar refractivity (Wildman–Crippen MR) is 168 cm³/mol. The van der Waals surface area contributed by atoms with Gasteiger partial charge in [0, 0.05) is 33.4 Å². The van der Waals surface area contributed by atoms with Gasteiger partial charge in [0.25, 0.3) is 0 Å². The second-order valence-corrected chi connectivity index (χ2v) is 12.6. The first-order valence-corrected chi connectivity index (χ1v) is 15.2. The van der Waals surface area contributed by atoms with Crippen LogP contribution >= 0.6 is 0 Å². The summed E-state index contributed by atoms with van der Waals surface area (Å²) < 4.78 is 5.77. The number of aliphatic hydroxyl groups is 5. The van der Waals surface area contributed by atoms with E-state index < -0.39 is 99.8 Å². The lowest BCUT2D eigenvalue weighted by molar-refractivity contribution is -0.265. The zero-order valence-corrected chi connectivity index (χ0v) is 25.9. The largest absolute Gasteiger partial charge is 0.507 e. The molecule has 13 nitrogen and oxygen atoms in total. The molecule has 0 aromatic heterocycles. The van der Waals surface area contributed by atoms with Gasteiger partial charge in [0.05, 0.1) is 28.9 Å². The van der Waals surface area contributed by atoms with Crippen LogP contribution in [0, 0.1) is 13.8 Å². The maximum atomic E-state index is 14.2. The normalized spacial score (nSPS) is 25.8. The molecule has 0 spiro atoms. The topological polar surface area (TPSA) is 243 Å². The van der Waals surface area contributed by atoms with Crippen LogP contribution in [0.15, 0.2) is 48.5 Å². The molecule has 1 saturated heterocycles. The Morgan fingerprint density at radius 1 is 0.653 bits per heavy atom. The SMILES string of the molecule is Cc1cc(O)c2c(c1)C(O)([C@@H]1O[C@H](CO)[C@@H](O)[C@H](O)[C@H]1O)c1ccc(-c3c(C)cc(O)c4c3C(=O)c3cccc(O)c3C4=O)c(O)c1C2=O. The summed E-state index contributed by atoms with van der Waals surface area (Å²) in [6, 6.07) is 10.1. The monoisotopic (exact) mass is 670 g/mol. The van der Waals surface area contributed by atoms with Gasteiger partial charge in [0.1, 0.15) is 59.1 Å². The fourth-order valence-corrected chi connectivity index (χ4v) is 7.50. The smallest absolute Gasteiger partial charge is 0.201 e. The van der Waals surface area contributed by atoms with Gasteiger partial charge in [-0.1, -0.05) is 30.3 Å². The Kier molecular flexibility index (Phi) is 7.23. The number of aliphatic hydroxyl groups excluding tert-OH is 4. The van der Waals surface area contributed by atoms with E-state index in [0.29, 0.717) is 5.56 Å². The number of phenolic OH excluding ortho intramolecular Hbond substituents is 4. The number of carbonyl (C=O) groups is 3. The van der Waals surface area contributed by atoms with Crippen LogP contribution < -0.4 is 0 Å². The van der Waals surface area contributed by atoms with E-state index in [1.165, 1.54) is 55.5 Å². The van der Waals surface area contributed by atoms with Gasteiger partial charge in [-0.05, 0) is 43.2 Å². The van der Waals surface area contributed by atoms with Gasteiger partial charge < -0.3 is 50.7 Å². The van der Waals surface area contributed by atoms with Crippen molar-refractivity contribution in [1.82, 2.24) is 0 Å². The van der Waals surface area contributed by atoms with Crippen LogP contribution in [0.2, 0.25) is 0 Å². The molecular weight excluding hydrogens is 640 g/mol. The van der Waals surface area contributed by atoms with Crippen LogP contribution in [0.3, 0.4) is 0 Å². The molecule has 0 bridgehead atoms. The van der Waals surface area contributed by atoms with E-state index in [1.807, 2.05) is 0 Å². The van der Waals surface area contributed by atoms with E-state index in [0.717, 1.165) is 0 Å². The molecule has 7 rings (SSSR count). The van der Waals surface area contributed by atoms with Crippen molar-refractivity contribution < 1.29 is 65.1 Å². The molecule has 4 aromatic carbocycles. The third kappa shape index (κ3) is 4.24. The Morgan fingerprint density at radius 3 is 2.02 bits per heavy atom. The number of hydrogen-bond donors (Lipinski definition) is 9. The number of ether oxygens (including phenoxy) is 1. The van der Waals surface area contributed by atoms with E-state index in [1.54, 1.807) is 6.92 Å². The molecule has 0 amide bonds. The molecular formula is C36H30O13. The Bertz CT molecular complexity index is 2150. The van der Waals surface area contributed by atoms with Crippen LogP contribution in [-0.2, 0) is 10.3 Å². The Balaban J connectivity index is 1.52. The molecule has 252 valence electrons. The predicted octanol–water partition coefficient (Wildman–Crippen LogP) is 1.19. The number of fused-ring (bicyclic) bond motifs is 4. The van der Waals surface area contributed by atoms with E-state index in [-0.39, 0.29) is 44.5 Å². The van der Waals surface area contributed by atoms with Crippen molar-refractivity contribution in [2.24, 2.45) is 0 Å². The van der Waals surface area contributed by atoms with Gasteiger partial charge in [0.15, 0.2) is 5.78 Å². The van der Waals surface area contributed by atoms with E-state index in [4.69, 9.17) is 4.74 Å². The highest BCUT2D eigenvalue weighted by Gasteiger charge is 2.58. The maximum absolute atomic E-state index is 14.2. The molecule has 1 heterocycles. The van der Waals surface area contributed by atoms with Crippen molar-refractivity contribution in [3.63, 3.8) is 0 Å². The molecule has 0 saturated carbocycles. The summed E-state index contributed by atoms with van der Waals surface area (Å²) in [5.74, 6) is -5.06. The summed E-state index contributed by atoms with van der Waals surface area (Å²) in [5, 5.41) is 99.1. The van der Waals surface area contributed by atoms with E-state index >= 15 is 0 Å². The molecule has 13 heteroatoms. The fraction of sp³-hybridized carbons (Fsp3) is 0.250. The Labute approximate surface area is 277 Å². The van der Waals surface area contributed by atoms with Crippen molar-refractivity contribution in [2.45, 2.75) is 50.0 Å². The van der Waals surface area contributed by atoms with E-state index in [9.17, 15) is 60.3 Å². The summed E-state index contributed by atoms with van der Waals surface area (Å²) in [5.41, 5.74) is -5.19. The van der Waals surface area contributed by atoms with Gasteiger partial charge in [-0.3, -0.25) is 14.4 Å². The molecule has 0 radical (unpaired) electrons. The average molecular weight is 671 g/mol. The number of aromatic hydroxyl groups is 4. The number of phenols is 4. The molecule has 9 N–H and O–H groups in total. The lowest BCUT2D eigenvalue weighted by atomic mass is 9.67. The minimum Gasteiger partial charge on any atom is -0.507 e. The van der Waals surface area contributed by atoms with Crippen LogP contribution in [0.4, 0.5) is 0 Å². The minimum atomic E-state index is -2.61. The van der Waals surface area contributed by atoms with Gasteiger partial charge in [0.2, 0.25) is 11.6 Å². The van der Waals surface area contributed by atoms with Gasteiger partial charge in [-0.15, -0.1) is 0 Å². The molecule has 1 aliphatic heterocycles. The highest BCUT2D eigenvalue weighted by Crippen LogP contribution is 2.53. The lowest BCUT2D eigenvalue weighted by Gasteiger charge is -2.49. The van der Waals surface area contributed by atoms with Crippen LogP contribution in [0.5, 0.6) is 23.0 Å². The van der Waals surface area contributed by atoms with Crippen LogP contribution in [-0.4, -0.2) is 100 Å². The van der Waals surface area contributed by atoms with E-state index in [2.05, 4.69) is 0 Å². The zero-order valence-electron chi connectivity index (χ0n) is 25.9. The van der Waals surface area contributed by atoms with Crippen molar-refractivity contribution in [3.05, 3.63) is 104 Å². The molecule has 4 aromatic rings. The van der Waals surface area contributed by atoms with Crippen LogP contribution in [0.25, 0.3) is 11.1 Å². The van der Waals surface area contributed by atoms with Gasteiger partial charge in [-0.25, -0.2) is 0 Å². The molecule has 1 unspecified atom stereocenters. The van der Waals surface area contributed by atoms with Crippen LogP contribution in [0.1, 0.15) is 70.0 Å². The Morgan fingerprint density at radius 2 is 1.33 bits per heavy atom. The molecule has 6 atom stereocenters.